The molecule has 2 heterocycles. The Morgan fingerprint density at radius 3 is 2.79 bits per heavy atom. The van der Waals surface area contributed by atoms with Crippen LogP contribution in [0.1, 0.15) is 11.8 Å². The van der Waals surface area contributed by atoms with Gasteiger partial charge in [0.05, 0.1) is 21.7 Å². The van der Waals surface area contributed by atoms with Gasteiger partial charge < -0.3 is 9.30 Å². The lowest BCUT2D eigenvalue weighted by atomic mass is 10.3. The summed E-state index contributed by atoms with van der Waals surface area (Å²) >= 11 is 5.64. The predicted molar refractivity (Wildman–Crippen MR) is 115 cm³/mol. The summed E-state index contributed by atoms with van der Waals surface area (Å²) in [6.07, 6.45) is 2.72. The van der Waals surface area contributed by atoms with Crippen LogP contribution in [-0.2, 0) is 20.9 Å². The molecule has 150 valence electrons. The van der Waals surface area contributed by atoms with Crippen molar-refractivity contribution in [3.05, 3.63) is 60.7 Å². The molecule has 0 aliphatic carbocycles. The predicted octanol–water partition coefficient (Wildman–Crippen LogP) is 4.14. The Hall–Kier alpha value is -2.63. The number of aromatic nitrogens is 1. The van der Waals surface area contributed by atoms with Crippen LogP contribution >= 0.6 is 38.6 Å². The van der Waals surface area contributed by atoms with Crippen molar-refractivity contribution < 1.29 is 19.2 Å². The molecule has 0 bridgehead atoms. The third-order valence-electron chi connectivity index (χ3n) is 3.63. The molecule has 11 heteroatoms. The Bertz CT molecular complexity index is 1190. The highest BCUT2D eigenvalue weighted by atomic mass is 79.9. The fourth-order valence-corrected chi connectivity index (χ4v) is 4.75. The number of thiophene rings is 1. The van der Waals surface area contributed by atoms with E-state index in [0.717, 1.165) is 26.0 Å². The molecule has 29 heavy (non-hydrogen) atoms. The number of halogens is 1. The zero-order chi connectivity index (χ0) is 21.0. The Morgan fingerprint density at radius 1 is 1.31 bits per heavy atom. The standard InChI is InChI=1S/C18H14BrN3O5S2/c1-2-27-17(24)10-21-13-6-3-11(19)9-14(13)29-18(21)20-15(23)7-4-12-5-8-16(28-12)22(25)26/h3-9H,2,10H2,1H3/b7-4-,20-18?. The van der Waals surface area contributed by atoms with Crippen LogP contribution in [0, 0.1) is 10.1 Å². The molecule has 0 fully saturated rings. The number of esters is 1. The first-order valence-electron chi connectivity index (χ1n) is 8.33. The van der Waals surface area contributed by atoms with E-state index in [2.05, 4.69) is 20.9 Å². The van der Waals surface area contributed by atoms with Crippen LogP contribution in [0.5, 0.6) is 0 Å². The summed E-state index contributed by atoms with van der Waals surface area (Å²) < 4.78 is 8.37. The monoisotopic (exact) mass is 495 g/mol. The van der Waals surface area contributed by atoms with Crippen LogP contribution in [0.3, 0.4) is 0 Å². The number of thiazole rings is 1. The van der Waals surface area contributed by atoms with Gasteiger partial charge in [0.2, 0.25) is 0 Å². The number of ether oxygens (including phenoxy) is 1. The van der Waals surface area contributed by atoms with E-state index in [4.69, 9.17) is 4.74 Å². The van der Waals surface area contributed by atoms with E-state index in [9.17, 15) is 19.7 Å². The molecule has 1 amide bonds. The fraction of sp³-hybridized carbons (Fsp3) is 0.167. The van der Waals surface area contributed by atoms with E-state index in [1.165, 1.54) is 29.6 Å². The Morgan fingerprint density at radius 2 is 2.10 bits per heavy atom. The minimum absolute atomic E-state index is 0.00333. The molecule has 0 saturated carbocycles. The summed E-state index contributed by atoms with van der Waals surface area (Å²) in [4.78, 5) is 39.6. The zero-order valence-electron chi connectivity index (χ0n) is 15.0. The number of fused-ring (bicyclic) bond motifs is 1. The molecule has 0 atom stereocenters. The molecular formula is C18H14BrN3O5S2. The SMILES string of the molecule is CCOC(=O)Cn1c(=NC(=O)/C=C\c2ccc([N+](=O)[O-])s2)sc2cc(Br)ccc21. The highest BCUT2D eigenvalue weighted by Gasteiger charge is 2.12. The van der Waals surface area contributed by atoms with Gasteiger partial charge >= 0.3 is 11.0 Å². The average Bonchev–Trinajstić information content (AvgIpc) is 3.25. The quantitative estimate of drug-likeness (QED) is 0.221. The van der Waals surface area contributed by atoms with Crippen LogP contribution in [-0.4, -0.2) is 28.0 Å². The van der Waals surface area contributed by atoms with Crippen LogP contribution in [0.2, 0.25) is 0 Å². The van der Waals surface area contributed by atoms with Crippen molar-refractivity contribution in [1.82, 2.24) is 4.57 Å². The lowest BCUT2D eigenvalue weighted by Gasteiger charge is -2.04. The van der Waals surface area contributed by atoms with E-state index in [1.54, 1.807) is 17.6 Å². The van der Waals surface area contributed by atoms with Gasteiger partial charge in [0.25, 0.3) is 5.91 Å². The Labute approximate surface area is 181 Å². The topological polar surface area (TPSA) is 104 Å². The summed E-state index contributed by atoms with van der Waals surface area (Å²) in [5.74, 6) is -0.963. The van der Waals surface area contributed by atoms with Gasteiger partial charge in [0, 0.05) is 21.5 Å². The average molecular weight is 496 g/mol. The molecule has 3 rings (SSSR count). The number of nitro groups is 1. The molecular weight excluding hydrogens is 482 g/mol. The number of hydrogen-bond donors (Lipinski definition) is 0. The van der Waals surface area contributed by atoms with E-state index in [1.807, 2.05) is 18.2 Å². The Kier molecular flexibility index (Phi) is 6.72. The van der Waals surface area contributed by atoms with Crippen LogP contribution in [0.4, 0.5) is 5.00 Å². The molecule has 1 aromatic carbocycles. The molecule has 8 nitrogen and oxygen atoms in total. The third-order valence-corrected chi connectivity index (χ3v) is 6.16. The van der Waals surface area contributed by atoms with Crippen LogP contribution < -0.4 is 4.80 Å². The van der Waals surface area contributed by atoms with Crippen molar-refractivity contribution >= 4 is 71.8 Å². The second-order valence-electron chi connectivity index (χ2n) is 5.60. The normalized spacial score (nSPS) is 12.0. The van der Waals surface area contributed by atoms with Gasteiger partial charge in [-0.2, -0.15) is 4.99 Å². The fourth-order valence-electron chi connectivity index (χ4n) is 2.44. The zero-order valence-corrected chi connectivity index (χ0v) is 18.3. The number of nitrogens with zero attached hydrogens (tertiary/aromatic N) is 3. The second kappa shape index (κ2) is 9.25. The minimum atomic E-state index is -0.538. The molecule has 0 saturated heterocycles. The summed E-state index contributed by atoms with van der Waals surface area (Å²) in [5, 5.41) is 10.7. The summed E-state index contributed by atoms with van der Waals surface area (Å²) in [6.45, 7) is 1.91. The van der Waals surface area contributed by atoms with Gasteiger partial charge in [-0.05, 0) is 37.3 Å². The summed E-state index contributed by atoms with van der Waals surface area (Å²) in [7, 11) is 0. The van der Waals surface area contributed by atoms with Crippen LogP contribution in [0.15, 0.2) is 45.9 Å². The van der Waals surface area contributed by atoms with Crippen LogP contribution in [0.25, 0.3) is 16.3 Å². The second-order valence-corrected chi connectivity index (χ2v) is 8.62. The molecule has 2 aromatic heterocycles. The number of amides is 1. The summed E-state index contributed by atoms with van der Waals surface area (Å²) in [5.41, 5.74) is 0.760. The molecule has 0 unspecified atom stereocenters. The molecule has 0 radical (unpaired) electrons. The first-order chi connectivity index (χ1) is 13.9. The summed E-state index contributed by atoms with van der Waals surface area (Å²) in [6, 6.07) is 8.49. The van der Waals surface area contributed by atoms with Crippen molar-refractivity contribution in [2.75, 3.05) is 6.61 Å². The van der Waals surface area contributed by atoms with Crippen molar-refractivity contribution in [3.63, 3.8) is 0 Å². The molecule has 0 aliphatic heterocycles. The number of rotatable bonds is 6. The van der Waals surface area contributed by atoms with Crippen molar-refractivity contribution in [3.8, 4) is 0 Å². The van der Waals surface area contributed by atoms with Gasteiger partial charge in [-0.1, -0.05) is 38.6 Å². The third kappa shape index (κ3) is 5.25. The smallest absolute Gasteiger partial charge is 0.326 e. The highest BCUT2D eigenvalue weighted by Crippen LogP contribution is 2.25. The van der Waals surface area contributed by atoms with E-state index >= 15 is 0 Å². The van der Waals surface area contributed by atoms with E-state index < -0.39 is 16.8 Å². The molecule has 0 N–H and O–H groups in total. The maximum absolute atomic E-state index is 12.3. The van der Waals surface area contributed by atoms with Gasteiger partial charge in [-0.3, -0.25) is 19.7 Å². The maximum atomic E-state index is 12.3. The lowest BCUT2D eigenvalue weighted by molar-refractivity contribution is -0.380. The first-order valence-corrected chi connectivity index (χ1v) is 10.8. The molecule has 3 aromatic rings. The van der Waals surface area contributed by atoms with Crippen molar-refractivity contribution in [1.29, 1.82) is 0 Å². The lowest BCUT2D eigenvalue weighted by Crippen LogP contribution is -2.22. The van der Waals surface area contributed by atoms with Gasteiger partial charge in [0.1, 0.15) is 6.54 Å². The number of carbonyl (C=O) groups excluding carboxylic acids is 2. The number of hydrogen-bond acceptors (Lipinski definition) is 7. The maximum Gasteiger partial charge on any atom is 0.326 e. The van der Waals surface area contributed by atoms with Gasteiger partial charge in [0.15, 0.2) is 4.80 Å². The Balaban J connectivity index is 1.94. The number of carbonyl (C=O) groups is 2. The number of benzene rings is 1. The van der Waals surface area contributed by atoms with E-state index in [-0.39, 0.29) is 18.2 Å². The molecule has 0 aliphatic rings. The molecule has 0 spiro atoms. The van der Waals surface area contributed by atoms with Crippen molar-refractivity contribution in [2.24, 2.45) is 4.99 Å². The highest BCUT2D eigenvalue weighted by molar-refractivity contribution is 9.10. The minimum Gasteiger partial charge on any atom is -0.465 e. The van der Waals surface area contributed by atoms with Gasteiger partial charge in [-0.15, -0.1) is 0 Å². The first kappa shape index (κ1) is 21.1. The van der Waals surface area contributed by atoms with Gasteiger partial charge in [-0.25, -0.2) is 0 Å². The largest absolute Gasteiger partial charge is 0.465 e. The van der Waals surface area contributed by atoms with E-state index in [0.29, 0.717) is 9.68 Å². The van der Waals surface area contributed by atoms with Crippen molar-refractivity contribution in [2.45, 2.75) is 13.5 Å².